The molecule has 0 saturated heterocycles. The van der Waals surface area contributed by atoms with E-state index in [1.807, 2.05) is 42.5 Å². The lowest BCUT2D eigenvalue weighted by atomic mass is 10.0. The molecule has 0 bridgehead atoms. The van der Waals surface area contributed by atoms with E-state index in [0.717, 1.165) is 5.56 Å². The Hall–Kier alpha value is -2.93. The summed E-state index contributed by atoms with van der Waals surface area (Å²) in [6, 6.07) is 14.1. The number of ether oxygens (including phenoxy) is 1. The summed E-state index contributed by atoms with van der Waals surface area (Å²) in [6.45, 7) is 1.74. The fourth-order valence-corrected chi connectivity index (χ4v) is 4.95. The number of rotatable bonds is 4. The first-order valence-electron chi connectivity index (χ1n) is 9.68. The molecule has 0 N–H and O–H groups in total. The van der Waals surface area contributed by atoms with E-state index < -0.39 is 12.0 Å². The van der Waals surface area contributed by atoms with E-state index in [1.165, 1.54) is 23.0 Å². The van der Waals surface area contributed by atoms with Gasteiger partial charge >= 0.3 is 5.97 Å². The number of halogens is 2. The number of carbonyl (C=O) groups is 1. The highest BCUT2D eigenvalue weighted by atomic mass is 35.5. The van der Waals surface area contributed by atoms with Crippen LogP contribution < -0.4 is 14.9 Å². The number of esters is 1. The van der Waals surface area contributed by atoms with Gasteiger partial charge in [-0.05, 0) is 36.3 Å². The highest BCUT2D eigenvalue weighted by Gasteiger charge is 2.30. The molecule has 2 heterocycles. The Balaban J connectivity index is 1.90. The van der Waals surface area contributed by atoms with E-state index in [4.69, 9.17) is 27.9 Å². The second kappa shape index (κ2) is 9.28. The number of fused-ring (bicyclic) bond motifs is 1. The van der Waals surface area contributed by atoms with Crippen molar-refractivity contribution in [2.75, 3.05) is 7.11 Å². The Morgan fingerprint density at radius 3 is 2.62 bits per heavy atom. The summed E-state index contributed by atoms with van der Waals surface area (Å²) in [5.74, 6) is -0.524. The number of carbonyl (C=O) groups excluding carboxylic acids is 1. The zero-order valence-electron chi connectivity index (χ0n) is 17.2. The van der Waals surface area contributed by atoms with Gasteiger partial charge in [0.25, 0.3) is 5.56 Å². The van der Waals surface area contributed by atoms with Crippen LogP contribution in [0.1, 0.15) is 24.1 Å². The average Bonchev–Trinajstić information content (AvgIpc) is 3.08. The van der Waals surface area contributed by atoms with Gasteiger partial charge in [0.2, 0.25) is 0 Å². The standard InChI is InChI=1S/C24H18Cl2N2O3S/c1-14-21(23(30)31-2)19(11-8-15-6-4-3-5-7-15)28-22(29)20(32-24(28)27-14)12-16-9-10-17(25)13-18(16)26/h3-13,19H,1-2H3/b11-8+,20-12-/t19-/m0/s1. The van der Waals surface area contributed by atoms with Crippen molar-refractivity contribution in [3.8, 4) is 0 Å². The quantitative estimate of drug-likeness (QED) is 0.516. The molecule has 0 aliphatic carbocycles. The monoisotopic (exact) mass is 484 g/mol. The van der Waals surface area contributed by atoms with Crippen LogP contribution in [0.15, 0.2) is 75.7 Å². The van der Waals surface area contributed by atoms with Crippen molar-refractivity contribution in [1.82, 2.24) is 4.57 Å². The number of hydrogen-bond acceptors (Lipinski definition) is 5. The van der Waals surface area contributed by atoms with Gasteiger partial charge in [0, 0.05) is 10.0 Å². The predicted molar refractivity (Wildman–Crippen MR) is 129 cm³/mol. The lowest BCUT2D eigenvalue weighted by Crippen LogP contribution is -2.38. The van der Waals surface area contributed by atoms with Crippen molar-refractivity contribution < 1.29 is 9.53 Å². The summed E-state index contributed by atoms with van der Waals surface area (Å²) in [4.78, 5) is 31.0. The highest BCUT2D eigenvalue weighted by molar-refractivity contribution is 7.07. The fourth-order valence-electron chi connectivity index (χ4n) is 3.44. The average molecular weight is 485 g/mol. The minimum absolute atomic E-state index is 0.267. The first-order valence-corrected chi connectivity index (χ1v) is 11.3. The third-order valence-corrected chi connectivity index (χ3v) is 6.53. The van der Waals surface area contributed by atoms with Crippen molar-refractivity contribution in [2.45, 2.75) is 13.0 Å². The Bertz CT molecular complexity index is 1440. The molecule has 0 fully saturated rings. The maximum Gasteiger partial charge on any atom is 0.338 e. The predicted octanol–water partition coefficient (Wildman–Crippen LogP) is 4.38. The van der Waals surface area contributed by atoms with Crippen LogP contribution in [0.2, 0.25) is 10.0 Å². The topological polar surface area (TPSA) is 60.7 Å². The van der Waals surface area contributed by atoms with E-state index in [1.54, 1.807) is 31.2 Å². The van der Waals surface area contributed by atoms with Gasteiger partial charge in [0.1, 0.15) is 0 Å². The molecule has 3 aromatic rings. The molecule has 8 heteroatoms. The van der Waals surface area contributed by atoms with E-state index in [9.17, 15) is 9.59 Å². The molecule has 0 saturated carbocycles. The molecule has 1 aliphatic rings. The first-order chi connectivity index (χ1) is 15.4. The largest absolute Gasteiger partial charge is 0.466 e. The molecular weight excluding hydrogens is 467 g/mol. The second-order valence-electron chi connectivity index (χ2n) is 7.05. The van der Waals surface area contributed by atoms with E-state index in [0.29, 0.717) is 36.2 Å². The van der Waals surface area contributed by atoms with Crippen LogP contribution in [0.3, 0.4) is 0 Å². The SMILES string of the molecule is COC(=O)C1=C(C)N=c2s/c(=C\c3ccc(Cl)cc3Cl)c(=O)n2[C@H]1/C=C/c1ccccc1. The van der Waals surface area contributed by atoms with Crippen molar-refractivity contribution in [2.24, 2.45) is 4.99 Å². The Labute approximate surface area is 198 Å². The minimum Gasteiger partial charge on any atom is -0.466 e. The summed E-state index contributed by atoms with van der Waals surface area (Å²) >= 11 is 13.5. The van der Waals surface area contributed by atoms with Crippen LogP contribution >= 0.6 is 34.5 Å². The Morgan fingerprint density at radius 1 is 1.19 bits per heavy atom. The van der Waals surface area contributed by atoms with Gasteiger partial charge in [-0.2, -0.15) is 0 Å². The van der Waals surface area contributed by atoms with Gasteiger partial charge in [-0.1, -0.05) is 83.1 Å². The molecule has 1 atom stereocenters. The molecular formula is C24H18Cl2N2O3S. The van der Waals surface area contributed by atoms with E-state index in [-0.39, 0.29) is 5.56 Å². The summed E-state index contributed by atoms with van der Waals surface area (Å²) < 4.78 is 6.95. The summed E-state index contributed by atoms with van der Waals surface area (Å²) in [6.07, 6.45) is 5.40. The van der Waals surface area contributed by atoms with E-state index in [2.05, 4.69) is 4.99 Å². The van der Waals surface area contributed by atoms with Gasteiger partial charge in [-0.25, -0.2) is 9.79 Å². The van der Waals surface area contributed by atoms with Gasteiger partial charge in [0.05, 0.1) is 29.0 Å². The van der Waals surface area contributed by atoms with Crippen LogP contribution in [-0.2, 0) is 9.53 Å². The lowest BCUT2D eigenvalue weighted by Gasteiger charge is -2.21. The maximum absolute atomic E-state index is 13.4. The zero-order chi connectivity index (χ0) is 22.8. The van der Waals surface area contributed by atoms with E-state index >= 15 is 0 Å². The third kappa shape index (κ3) is 4.35. The molecule has 0 amide bonds. The number of benzene rings is 2. The number of thiazole rings is 1. The molecule has 5 nitrogen and oxygen atoms in total. The van der Waals surface area contributed by atoms with Crippen molar-refractivity contribution in [1.29, 1.82) is 0 Å². The minimum atomic E-state index is -0.651. The number of methoxy groups -OCH3 is 1. The molecule has 0 unspecified atom stereocenters. The summed E-state index contributed by atoms with van der Waals surface area (Å²) in [7, 11) is 1.31. The van der Waals surface area contributed by atoms with Crippen molar-refractivity contribution in [3.05, 3.63) is 107 Å². The number of hydrogen-bond donors (Lipinski definition) is 0. The molecule has 162 valence electrons. The van der Waals surface area contributed by atoms with Gasteiger partial charge in [-0.3, -0.25) is 9.36 Å². The molecule has 1 aliphatic heterocycles. The molecule has 2 aromatic carbocycles. The van der Waals surface area contributed by atoms with Crippen LogP contribution in [0.25, 0.3) is 12.2 Å². The Morgan fingerprint density at radius 2 is 1.94 bits per heavy atom. The number of aromatic nitrogens is 1. The molecule has 1 aromatic heterocycles. The van der Waals surface area contributed by atoms with Gasteiger partial charge in [-0.15, -0.1) is 0 Å². The van der Waals surface area contributed by atoms with Crippen LogP contribution in [0.4, 0.5) is 0 Å². The second-order valence-corrected chi connectivity index (χ2v) is 8.90. The normalized spacial score (nSPS) is 16.2. The molecule has 0 spiro atoms. The summed E-state index contributed by atoms with van der Waals surface area (Å²) in [5, 5.41) is 0.952. The molecule has 32 heavy (non-hydrogen) atoms. The maximum atomic E-state index is 13.4. The van der Waals surface area contributed by atoms with Gasteiger partial charge < -0.3 is 4.74 Å². The number of nitrogens with zero attached hydrogens (tertiary/aromatic N) is 2. The van der Waals surface area contributed by atoms with Crippen LogP contribution in [0.5, 0.6) is 0 Å². The van der Waals surface area contributed by atoms with Crippen molar-refractivity contribution >= 4 is 52.7 Å². The highest BCUT2D eigenvalue weighted by Crippen LogP contribution is 2.26. The summed E-state index contributed by atoms with van der Waals surface area (Å²) in [5.41, 5.74) is 2.18. The Kier molecular flexibility index (Phi) is 6.46. The van der Waals surface area contributed by atoms with Gasteiger partial charge in [0.15, 0.2) is 4.80 Å². The fraction of sp³-hybridized carbons (Fsp3) is 0.125. The smallest absolute Gasteiger partial charge is 0.338 e. The third-order valence-electron chi connectivity index (χ3n) is 4.99. The zero-order valence-corrected chi connectivity index (χ0v) is 19.5. The number of allylic oxidation sites excluding steroid dienone is 2. The van der Waals surface area contributed by atoms with Crippen LogP contribution in [-0.4, -0.2) is 17.6 Å². The molecule has 0 radical (unpaired) electrons. The molecule has 4 rings (SSSR count). The van der Waals surface area contributed by atoms with Crippen LogP contribution in [0, 0.1) is 0 Å². The van der Waals surface area contributed by atoms with Crippen molar-refractivity contribution in [3.63, 3.8) is 0 Å². The lowest BCUT2D eigenvalue weighted by molar-refractivity contribution is -0.136. The first kappa shape index (κ1) is 22.3.